The zero-order chi connectivity index (χ0) is 21.8. The first-order valence-corrected chi connectivity index (χ1v) is 13.4. The number of benzene rings is 2. The van der Waals surface area contributed by atoms with Crippen molar-refractivity contribution in [3.05, 3.63) is 59.7 Å². The molecular formula is C21H29N3O4S2. The van der Waals surface area contributed by atoms with Gasteiger partial charge in [0, 0.05) is 45.5 Å². The van der Waals surface area contributed by atoms with E-state index >= 15 is 0 Å². The maximum Gasteiger partial charge on any atom is 0.242 e. The molecule has 2 aromatic rings. The van der Waals surface area contributed by atoms with Crippen molar-refractivity contribution in [2.24, 2.45) is 0 Å². The predicted octanol–water partition coefficient (Wildman–Crippen LogP) is 1.71. The summed E-state index contributed by atoms with van der Waals surface area (Å²) in [7, 11) is -7.65. The zero-order valence-corrected chi connectivity index (χ0v) is 19.0. The molecule has 1 heterocycles. The molecule has 0 radical (unpaired) electrons. The summed E-state index contributed by atoms with van der Waals surface area (Å²) < 4.78 is 52.3. The topological polar surface area (TPSA) is 86.8 Å². The van der Waals surface area contributed by atoms with Crippen LogP contribution >= 0.6 is 0 Å². The van der Waals surface area contributed by atoms with Crippen LogP contribution in [0.1, 0.15) is 18.1 Å². The Bertz CT molecular complexity index is 1080. The lowest BCUT2D eigenvalue weighted by Gasteiger charge is -2.34. The minimum absolute atomic E-state index is 0.103. The number of nitrogens with one attached hydrogen (secondary N) is 1. The molecule has 1 aliphatic heterocycles. The van der Waals surface area contributed by atoms with Gasteiger partial charge in [0.25, 0.3) is 0 Å². The van der Waals surface area contributed by atoms with Gasteiger partial charge in [-0.25, -0.2) is 21.6 Å². The quantitative estimate of drug-likeness (QED) is 0.658. The number of nitrogens with zero attached hydrogens (tertiary/aromatic N) is 2. The van der Waals surface area contributed by atoms with Crippen molar-refractivity contribution in [3.8, 4) is 0 Å². The van der Waals surface area contributed by atoms with Crippen LogP contribution in [-0.4, -0.2) is 65.6 Å². The van der Waals surface area contributed by atoms with E-state index in [1.54, 1.807) is 0 Å². The highest BCUT2D eigenvalue weighted by Gasteiger charge is 2.24. The molecule has 0 aromatic heterocycles. The van der Waals surface area contributed by atoms with Crippen molar-refractivity contribution < 1.29 is 16.8 Å². The lowest BCUT2D eigenvalue weighted by atomic mass is 10.1. The molecule has 0 saturated carbocycles. The average molecular weight is 452 g/mol. The molecule has 0 atom stereocenters. The second-order valence-corrected chi connectivity index (χ2v) is 11.2. The van der Waals surface area contributed by atoms with Crippen molar-refractivity contribution in [1.82, 2.24) is 14.5 Å². The Morgan fingerprint density at radius 1 is 0.800 bits per heavy atom. The van der Waals surface area contributed by atoms with E-state index in [2.05, 4.69) is 21.4 Å². The molecule has 1 aliphatic rings. The molecule has 0 unspecified atom stereocenters. The van der Waals surface area contributed by atoms with E-state index in [-0.39, 0.29) is 16.3 Å². The molecule has 2 aromatic carbocycles. The summed E-state index contributed by atoms with van der Waals surface area (Å²) in [5.41, 5.74) is 1.96. The third kappa shape index (κ3) is 5.67. The molecule has 164 valence electrons. The van der Waals surface area contributed by atoms with Gasteiger partial charge in [-0.05, 0) is 29.8 Å². The Labute approximate surface area is 179 Å². The molecule has 0 bridgehead atoms. The molecule has 1 saturated heterocycles. The summed E-state index contributed by atoms with van der Waals surface area (Å²) in [5, 5.41) is 0. The van der Waals surface area contributed by atoms with E-state index in [1.807, 2.05) is 24.3 Å². The molecule has 0 aliphatic carbocycles. The Balaban J connectivity index is 1.74. The van der Waals surface area contributed by atoms with Crippen molar-refractivity contribution >= 4 is 19.9 Å². The fraction of sp³-hybridized carbons (Fsp3) is 0.429. The maximum absolute atomic E-state index is 12.9. The van der Waals surface area contributed by atoms with Gasteiger partial charge in [-0.2, -0.15) is 0 Å². The number of sulfonamides is 1. The zero-order valence-electron chi connectivity index (χ0n) is 17.4. The van der Waals surface area contributed by atoms with E-state index in [4.69, 9.17) is 0 Å². The van der Waals surface area contributed by atoms with Gasteiger partial charge >= 0.3 is 0 Å². The standard InChI is InChI=1S/C21H29N3O4S2/c1-3-23-12-14-24(15-13-23)17-19-9-5-4-8-18(19)16-22-30(27,28)21-11-7-6-10-20(21)29(2,25)26/h4-11,22H,3,12-17H2,1-2H3. The Morgan fingerprint density at radius 2 is 1.33 bits per heavy atom. The number of likely N-dealkylation sites (N-methyl/N-ethyl adjacent to an activating group) is 1. The highest BCUT2D eigenvalue weighted by Crippen LogP contribution is 2.21. The third-order valence-corrected chi connectivity index (χ3v) is 8.16. The fourth-order valence-electron chi connectivity index (χ4n) is 3.62. The highest BCUT2D eigenvalue weighted by molar-refractivity contribution is 7.93. The maximum atomic E-state index is 12.9. The molecule has 1 fully saturated rings. The van der Waals surface area contributed by atoms with Crippen molar-refractivity contribution in [2.45, 2.75) is 29.8 Å². The van der Waals surface area contributed by atoms with Gasteiger partial charge in [0.2, 0.25) is 10.0 Å². The Morgan fingerprint density at radius 3 is 1.93 bits per heavy atom. The molecule has 7 nitrogen and oxygen atoms in total. The van der Waals surface area contributed by atoms with Crippen LogP contribution in [0.15, 0.2) is 58.3 Å². The summed E-state index contributed by atoms with van der Waals surface area (Å²) in [6.45, 7) is 8.12. The van der Waals surface area contributed by atoms with Crippen molar-refractivity contribution in [1.29, 1.82) is 0 Å². The number of rotatable bonds is 8. The van der Waals surface area contributed by atoms with Gasteiger partial charge in [-0.15, -0.1) is 0 Å². The monoisotopic (exact) mass is 451 g/mol. The molecule has 1 N–H and O–H groups in total. The SMILES string of the molecule is CCN1CCN(Cc2ccccc2CNS(=O)(=O)c2ccccc2S(C)(=O)=O)CC1. The third-order valence-electron chi connectivity index (χ3n) is 5.42. The predicted molar refractivity (Wildman–Crippen MR) is 117 cm³/mol. The first-order valence-electron chi connectivity index (χ1n) is 10.0. The summed E-state index contributed by atoms with van der Waals surface area (Å²) in [4.78, 5) is 4.37. The van der Waals surface area contributed by atoms with Crippen LogP contribution in [0.5, 0.6) is 0 Å². The van der Waals surface area contributed by atoms with Crippen LogP contribution in [0.2, 0.25) is 0 Å². The minimum atomic E-state index is -3.98. The second kappa shape index (κ2) is 9.57. The highest BCUT2D eigenvalue weighted by atomic mass is 32.2. The van der Waals surface area contributed by atoms with Crippen molar-refractivity contribution in [2.75, 3.05) is 39.0 Å². The lowest BCUT2D eigenvalue weighted by molar-refractivity contribution is 0.131. The Hall–Kier alpha value is -1.78. The van der Waals surface area contributed by atoms with E-state index in [0.717, 1.165) is 56.7 Å². The van der Waals surface area contributed by atoms with Crippen LogP contribution < -0.4 is 4.72 Å². The van der Waals surface area contributed by atoms with E-state index in [1.165, 1.54) is 24.3 Å². The van der Waals surface area contributed by atoms with Gasteiger partial charge in [0.05, 0.1) is 4.90 Å². The molecule has 30 heavy (non-hydrogen) atoms. The van der Waals surface area contributed by atoms with E-state index in [9.17, 15) is 16.8 Å². The molecular weight excluding hydrogens is 422 g/mol. The van der Waals surface area contributed by atoms with Crippen LogP contribution in [-0.2, 0) is 33.0 Å². The molecule has 3 rings (SSSR count). The molecule has 0 amide bonds. The van der Waals surface area contributed by atoms with E-state index in [0.29, 0.717) is 0 Å². The number of piperazine rings is 1. The van der Waals surface area contributed by atoms with Crippen LogP contribution in [0.4, 0.5) is 0 Å². The van der Waals surface area contributed by atoms with Crippen molar-refractivity contribution in [3.63, 3.8) is 0 Å². The smallest absolute Gasteiger partial charge is 0.242 e. The lowest BCUT2D eigenvalue weighted by Crippen LogP contribution is -2.45. The summed E-state index contributed by atoms with van der Waals surface area (Å²) in [6, 6.07) is 13.4. The number of hydrogen-bond donors (Lipinski definition) is 1. The van der Waals surface area contributed by atoms with Gasteiger partial charge in [-0.3, -0.25) is 4.90 Å². The largest absolute Gasteiger partial charge is 0.301 e. The average Bonchev–Trinajstić information content (AvgIpc) is 2.73. The van der Waals surface area contributed by atoms with Gasteiger partial charge in [-0.1, -0.05) is 43.3 Å². The van der Waals surface area contributed by atoms with E-state index < -0.39 is 19.9 Å². The first kappa shape index (κ1) is 22.9. The minimum Gasteiger partial charge on any atom is -0.301 e. The van der Waals surface area contributed by atoms with Gasteiger partial charge < -0.3 is 4.90 Å². The first-order chi connectivity index (χ1) is 14.2. The second-order valence-electron chi connectivity index (χ2n) is 7.52. The summed E-state index contributed by atoms with van der Waals surface area (Å²) in [6.07, 6.45) is 1.01. The summed E-state index contributed by atoms with van der Waals surface area (Å²) >= 11 is 0. The molecule has 9 heteroatoms. The summed E-state index contributed by atoms with van der Waals surface area (Å²) in [5.74, 6) is 0. The normalized spacial score (nSPS) is 16.6. The van der Waals surface area contributed by atoms with Gasteiger partial charge in [0.1, 0.15) is 4.90 Å². The molecule has 0 spiro atoms. The van der Waals surface area contributed by atoms with Crippen LogP contribution in [0, 0.1) is 0 Å². The van der Waals surface area contributed by atoms with Crippen LogP contribution in [0.3, 0.4) is 0 Å². The fourth-order valence-corrected chi connectivity index (χ4v) is 6.25. The Kier molecular flexibility index (Phi) is 7.30. The van der Waals surface area contributed by atoms with Gasteiger partial charge in [0.15, 0.2) is 9.84 Å². The number of hydrogen-bond acceptors (Lipinski definition) is 6. The van der Waals surface area contributed by atoms with Crippen LogP contribution in [0.25, 0.3) is 0 Å². The number of sulfone groups is 1.